The second-order valence-electron chi connectivity index (χ2n) is 3.07. The van der Waals surface area contributed by atoms with Crippen LogP contribution in [0.15, 0.2) is 0 Å². The first-order chi connectivity index (χ1) is 6.11. The Hall–Kier alpha value is -1.06. The molecule has 0 saturated heterocycles. The Morgan fingerprint density at radius 3 is 1.77 bits per heavy atom. The van der Waals surface area contributed by atoms with Crippen LogP contribution in [-0.4, -0.2) is 0 Å². The van der Waals surface area contributed by atoms with Crippen molar-refractivity contribution in [1.29, 1.82) is 0 Å². The fraction of sp³-hybridized carbons (Fsp3) is 0.333. The van der Waals surface area contributed by atoms with E-state index >= 15 is 0 Å². The molecule has 69 valence electrons. The smallest absolute Gasteiger partial charge is 0.170 e. The van der Waals surface area contributed by atoms with Gasteiger partial charge in [-0.05, 0) is 18.8 Å². The number of hydrogen-bond acceptors (Lipinski definition) is 0. The Labute approximate surface area is 72.2 Å². The Morgan fingerprint density at radius 2 is 1.38 bits per heavy atom. The highest BCUT2D eigenvalue weighted by molar-refractivity contribution is 5.28. The predicted octanol–water partition coefficient (Wildman–Crippen LogP) is 2.92. The van der Waals surface area contributed by atoms with E-state index in [9.17, 15) is 17.6 Å². The quantitative estimate of drug-likeness (QED) is 0.470. The van der Waals surface area contributed by atoms with E-state index in [1.54, 1.807) is 0 Å². The van der Waals surface area contributed by atoms with Gasteiger partial charge in [0.1, 0.15) is 0 Å². The van der Waals surface area contributed by atoms with Crippen LogP contribution in [0.1, 0.15) is 24.3 Å². The maximum atomic E-state index is 12.9. The summed E-state index contributed by atoms with van der Waals surface area (Å²) in [6.45, 7) is 0. The predicted molar refractivity (Wildman–Crippen MR) is 37.1 cm³/mol. The zero-order valence-corrected chi connectivity index (χ0v) is 6.50. The summed E-state index contributed by atoms with van der Waals surface area (Å²) in [6, 6.07) is 1.35. The Morgan fingerprint density at radius 1 is 0.923 bits per heavy atom. The molecular formula is C9H5F4. The fourth-order valence-corrected chi connectivity index (χ4v) is 1.27. The van der Waals surface area contributed by atoms with Gasteiger partial charge in [0, 0.05) is 5.56 Å². The van der Waals surface area contributed by atoms with Crippen molar-refractivity contribution < 1.29 is 17.6 Å². The lowest BCUT2D eigenvalue weighted by atomic mass is 10.1. The highest BCUT2D eigenvalue weighted by Gasteiger charge is 2.33. The van der Waals surface area contributed by atoms with Gasteiger partial charge in [-0.3, -0.25) is 0 Å². The van der Waals surface area contributed by atoms with Crippen molar-refractivity contribution in [2.75, 3.05) is 0 Å². The molecule has 13 heavy (non-hydrogen) atoms. The van der Waals surface area contributed by atoms with Crippen molar-refractivity contribution in [3.8, 4) is 0 Å². The standard InChI is InChI=1S/C9H5F4/c10-5-3-6(11)9(13)7(8(5)12)4-1-2-4/h4H,1-2H2. The van der Waals surface area contributed by atoms with Gasteiger partial charge in [0.05, 0.1) is 6.07 Å². The van der Waals surface area contributed by atoms with Crippen molar-refractivity contribution in [2.24, 2.45) is 0 Å². The van der Waals surface area contributed by atoms with Crippen LogP contribution in [0.25, 0.3) is 0 Å². The molecular weight excluding hydrogens is 184 g/mol. The molecule has 0 bridgehead atoms. The first kappa shape index (κ1) is 8.53. The first-order valence-electron chi connectivity index (χ1n) is 3.86. The van der Waals surface area contributed by atoms with Crippen LogP contribution < -0.4 is 0 Å². The van der Waals surface area contributed by atoms with Gasteiger partial charge < -0.3 is 0 Å². The Balaban J connectivity index is 2.62. The first-order valence-corrected chi connectivity index (χ1v) is 3.86. The van der Waals surface area contributed by atoms with Crippen molar-refractivity contribution in [3.05, 3.63) is 34.9 Å². The largest absolute Gasteiger partial charge is 0.203 e. The molecule has 0 unspecified atom stereocenters. The van der Waals surface area contributed by atoms with Crippen LogP contribution >= 0.6 is 0 Å². The summed E-state index contributed by atoms with van der Waals surface area (Å²) < 4.78 is 51.0. The van der Waals surface area contributed by atoms with Crippen molar-refractivity contribution >= 4 is 0 Å². The third-order valence-electron chi connectivity index (χ3n) is 2.06. The van der Waals surface area contributed by atoms with Gasteiger partial charge in [-0.2, -0.15) is 0 Å². The molecule has 0 aliphatic heterocycles. The van der Waals surface area contributed by atoms with Gasteiger partial charge >= 0.3 is 0 Å². The molecule has 0 spiro atoms. The molecule has 1 aliphatic rings. The molecule has 0 nitrogen and oxygen atoms in total. The van der Waals surface area contributed by atoms with E-state index in [1.165, 1.54) is 6.07 Å². The molecule has 1 fully saturated rings. The molecule has 4 heteroatoms. The van der Waals surface area contributed by atoms with Gasteiger partial charge in [0.25, 0.3) is 0 Å². The van der Waals surface area contributed by atoms with E-state index in [2.05, 4.69) is 0 Å². The molecule has 0 atom stereocenters. The highest BCUT2D eigenvalue weighted by Crippen LogP contribution is 2.43. The summed E-state index contributed by atoms with van der Waals surface area (Å²) in [6.07, 6.45) is 1.16. The van der Waals surface area contributed by atoms with Crippen LogP contribution in [0, 0.1) is 29.3 Å². The van der Waals surface area contributed by atoms with Crippen molar-refractivity contribution in [2.45, 2.75) is 18.8 Å². The summed E-state index contributed by atoms with van der Waals surface area (Å²) in [5.74, 6) is -5.86. The molecule has 0 heterocycles. The van der Waals surface area contributed by atoms with E-state index in [-0.39, 0.29) is 5.92 Å². The number of halogens is 4. The summed E-state index contributed by atoms with van der Waals surface area (Å²) in [5, 5.41) is 0. The van der Waals surface area contributed by atoms with Gasteiger partial charge in [-0.15, -0.1) is 0 Å². The zero-order chi connectivity index (χ0) is 9.59. The lowest BCUT2D eigenvalue weighted by molar-refractivity contribution is 0.437. The average Bonchev–Trinajstić information content (AvgIpc) is 2.85. The second kappa shape index (κ2) is 2.72. The Kier molecular flexibility index (Phi) is 1.78. The van der Waals surface area contributed by atoms with Crippen LogP contribution in [0.5, 0.6) is 0 Å². The van der Waals surface area contributed by atoms with Crippen molar-refractivity contribution in [1.82, 2.24) is 0 Å². The average molecular weight is 189 g/mol. The van der Waals surface area contributed by atoms with Crippen LogP contribution in [0.4, 0.5) is 17.6 Å². The van der Waals surface area contributed by atoms with E-state index in [0.717, 1.165) is 0 Å². The zero-order valence-electron chi connectivity index (χ0n) is 6.50. The minimum absolute atomic E-state index is 0.362. The highest BCUT2D eigenvalue weighted by atomic mass is 19.2. The molecule has 1 radical (unpaired) electrons. The fourth-order valence-electron chi connectivity index (χ4n) is 1.27. The number of hydrogen-bond donors (Lipinski definition) is 0. The summed E-state index contributed by atoms with van der Waals surface area (Å²) in [4.78, 5) is 0. The third-order valence-corrected chi connectivity index (χ3v) is 2.06. The lowest BCUT2D eigenvalue weighted by Crippen LogP contribution is -2.01. The molecule has 1 saturated carbocycles. The summed E-state index contributed by atoms with van der Waals surface area (Å²) in [7, 11) is 0. The van der Waals surface area contributed by atoms with Crippen LogP contribution in [0.3, 0.4) is 0 Å². The number of rotatable bonds is 1. The minimum atomic E-state index is -1.44. The van der Waals surface area contributed by atoms with E-state index in [4.69, 9.17) is 0 Å². The topological polar surface area (TPSA) is 0 Å². The minimum Gasteiger partial charge on any atom is -0.203 e. The third kappa shape index (κ3) is 1.30. The van der Waals surface area contributed by atoms with Crippen molar-refractivity contribution in [3.63, 3.8) is 0 Å². The van der Waals surface area contributed by atoms with Gasteiger partial charge in [0.2, 0.25) is 0 Å². The van der Waals surface area contributed by atoms with Gasteiger partial charge in [-0.1, -0.05) is 0 Å². The number of benzene rings is 1. The molecule has 0 aromatic heterocycles. The lowest BCUT2D eigenvalue weighted by Gasteiger charge is -2.03. The second-order valence-corrected chi connectivity index (χ2v) is 3.07. The molecule has 0 N–H and O–H groups in total. The summed E-state index contributed by atoms with van der Waals surface area (Å²) in [5.41, 5.74) is -0.464. The maximum Gasteiger partial charge on any atom is 0.170 e. The molecule has 1 aliphatic carbocycles. The summed E-state index contributed by atoms with van der Waals surface area (Å²) >= 11 is 0. The van der Waals surface area contributed by atoms with Gasteiger partial charge in [-0.25, -0.2) is 17.6 Å². The van der Waals surface area contributed by atoms with Crippen LogP contribution in [-0.2, 0) is 0 Å². The molecule has 2 rings (SSSR count). The van der Waals surface area contributed by atoms with Crippen LogP contribution in [0.2, 0.25) is 0 Å². The molecule has 1 aromatic carbocycles. The normalized spacial score (nSPS) is 16.3. The van der Waals surface area contributed by atoms with E-state index in [1.807, 2.05) is 0 Å². The van der Waals surface area contributed by atoms with Gasteiger partial charge in [0.15, 0.2) is 23.3 Å². The Bertz CT molecular complexity index is 329. The molecule has 0 amide bonds. The van der Waals surface area contributed by atoms with E-state index < -0.39 is 28.8 Å². The molecule has 1 aromatic rings. The monoisotopic (exact) mass is 189 g/mol. The van der Waals surface area contributed by atoms with E-state index in [0.29, 0.717) is 12.8 Å². The maximum absolute atomic E-state index is 12.9. The SMILES string of the molecule is Fc1[c]c(F)c(F)c(C2CC2)c1F.